The van der Waals surface area contributed by atoms with Gasteiger partial charge in [-0.05, 0) is 37.2 Å². The highest BCUT2D eigenvalue weighted by Gasteiger charge is 2.34. The van der Waals surface area contributed by atoms with Gasteiger partial charge < -0.3 is 18.8 Å². The van der Waals surface area contributed by atoms with Crippen molar-refractivity contribution >= 4 is 41.7 Å². The highest BCUT2D eigenvalue weighted by molar-refractivity contribution is 6.76. The van der Waals surface area contributed by atoms with Gasteiger partial charge in [0.1, 0.15) is 34.6 Å². The van der Waals surface area contributed by atoms with Crippen molar-refractivity contribution < 1.29 is 14.2 Å². The van der Waals surface area contributed by atoms with Crippen LogP contribution in [-0.2, 0) is 22.7 Å². The first kappa shape index (κ1) is 27.8. The highest BCUT2D eigenvalue weighted by Crippen LogP contribution is 2.36. The maximum atomic E-state index is 6.85. The summed E-state index contributed by atoms with van der Waals surface area (Å²) in [5, 5.41) is 4.93. The smallest absolute Gasteiger partial charge is 0.148 e. The molecular formula is C30H35ClN6O3Si. The van der Waals surface area contributed by atoms with Gasteiger partial charge in [0.2, 0.25) is 0 Å². The molecule has 9 nitrogen and oxygen atoms in total. The number of aryl methyl sites for hydroxylation is 1. The van der Waals surface area contributed by atoms with E-state index in [2.05, 4.69) is 41.2 Å². The quantitative estimate of drug-likeness (QED) is 0.128. The average Bonchev–Trinajstić information content (AvgIpc) is 3.50. The normalized spacial score (nSPS) is 15.0. The standard InChI is InChI=1S/C30H35ClN6O3Si/c1-20-34-23-7-6-22(12-26(23)37(20)19-38-10-11-41(3,4)5)40-27-9-8-24-29(28(27)31)35-25(14-32-24)21-13-33-36(15-21)16-30(2)17-39-18-30/h6-9,12-15H,10-11,16-19H2,1-5H3. The molecule has 0 spiro atoms. The predicted octanol–water partition coefficient (Wildman–Crippen LogP) is 6.95. The van der Waals surface area contributed by atoms with Crippen LogP contribution in [0.25, 0.3) is 33.3 Å². The summed E-state index contributed by atoms with van der Waals surface area (Å²) >= 11 is 6.85. The number of aromatic nitrogens is 6. The van der Waals surface area contributed by atoms with Crippen LogP contribution in [0.1, 0.15) is 12.7 Å². The predicted molar refractivity (Wildman–Crippen MR) is 163 cm³/mol. The van der Waals surface area contributed by atoms with E-state index in [-0.39, 0.29) is 5.41 Å². The molecular weight excluding hydrogens is 556 g/mol. The molecule has 0 saturated carbocycles. The van der Waals surface area contributed by atoms with Crippen molar-refractivity contribution in [2.45, 2.75) is 52.8 Å². The molecule has 41 heavy (non-hydrogen) atoms. The van der Waals surface area contributed by atoms with Crippen LogP contribution in [0.3, 0.4) is 0 Å². The summed E-state index contributed by atoms with van der Waals surface area (Å²) < 4.78 is 21.7. The summed E-state index contributed by atoms with van der Waals surface area (Å²) in [6.45, 7) is 14.7. The van der Waals surface area contributed by atoms with Crippen LogP contribution in [0.2, 0.25) is 30.7 Å². The number of rotatable bonds is 10. The maximum Gasteiger partial charge on any atom is 0.148 e. The second kappa shape index (κ2) is 10.8. The third-order valence-electron chi connectivity index (χ3n) is 7.35. The molecule has 0 N–H and O–H groups in total. The molecule has 0 amide bonds. The first-order valence-corrected chi connectivity index (χ1v) is 17.9. The Morgan fingerprint density at radius 1 is 1.07 bits per heavy atom. The van der Waals surface area contributed by atoms with Crippen molar-refractivity contribution in [2.24, 2.45) is 5.41 Å². The zero-order valence-electron chi connectivity index (χ0n) is 24.1. The van der Waals surface area contributed by atoms with E-state index in [1.165, 1.54) is 0 Å². The number of ether oxygens (including phenoxy) is 3. The third-order valence-corrected chi connectivity index (χ3v) is 9.42. The van der Waals surface area contributed by atoms with Crippen molar-refractivity contribution in [3.63, 3.8) is 0 Å². The van der Waals surface area contributed by atoms with Crippen molar-refractivity contribution in [2.75, 3.05) is 19.8 Å². The molecule has 0 atom stereocenters. The van der Waals surface area contributed by atoms with Gasteiger partial charge in [0, 0.05) is 37.9 Å². The second-order valence-corrected chi connectivity index (χ2v) is 18.4. The number of halogens is 1. The van der Waals surface area contributed by atoms with Crippen LogP contribution < -0.4 is 4.74 Å². The minimum atomic E-state index is -1.15. The Morgan fingerprint density at radius 3 is 2.63 bits per heavy atom. The summed E-state index contributed by atoms with van der Waals surface area (Å²) in [5.74, 6) is 2.06. The molecule has 11 heteroatoms. The van der Waals surface area contributed by atoms with Crippen molar-refractivity contribution in [3.05, 3.63) is 59.8 Å². The molecule has 0 bridgehead atoms. The lowest BCUT2D eigenvalue weighted by Crippen LogP contribution is -2.43. The van der Waals surface area contributed by atoms with Gasteiger partial charge in [-0.3, -0.25) is 9.67 Å². The highest BCUT2D eigenvalue weighted by atomic mass is 35.5. The second-order valence-electron chi connectivity index (χ2n) is 12.4. The van der Waals surface area contributed by atoms with Gasteiger partial charge in [-0.15, -0.1) is 0 Å². The molecule has 0 unspecified atom stereocenters. The fourth-order valence-corrected chi connectivity index (χ4v) is 5.87. The first-order chi connectivity index (χ1) is 19.6. The van der Waals surface area contributed by atoms with Crippen molar-refractivity contribution in [1.29, 1.82) is 0 Å². The lowest BCUT2D eigenvalue weighted by Gasteiger charge is -2.37. The Kier molecular flexibility index (Phi) is 7.35. The van der Waals surface area contributed by atoms with Gasteiger partial charge in [-0.2, -0.15) is 5.10 Å². The van der Waals surface area contributed by atoms with Gasteiger partial charge >= 0.3 is 0 Å². The third kappa shape index (κ3) is 6.01. The zero-order valence-corrected chi connectivity index (χ0v) is 25.9. The molecule has 6 rings (SSSR count). The Morgan fingerprint density at radius 2 is 1.88 bits per heavy atom. The van der Waals surface area contributed by atoms with Gasteiger partial charge in [-0.25, -0.2) is 9.97 Å². The molecule has 1 saturated heterocycles. The molecule has 214 valence electrons. The van der Waals surface area contributed by atoms with Gasteiger partial charge in [0.05, 0.1) is 54.4 Å². The van der Waals surface area contributed by atoms with E-state index in [9.17, 15) is 0 Å². The summed E-state index contributed by atoms with van der Waals surface area (Å²) in [7, 11) is -1.15. The zero-order chi connectivity index (χ0) is 28.8. The Labute approximate surface area is 245 Å². The lowest BCUT2D eigenvalue weighted by atomic mass is 9.89. The van der Waals surface area contributed by atoms with E-state index in [0.29, 0.717) is 40.0 Å². The van der Waals surface area contributed by atoms with E-state index in [1.54, 1.807) is 6.20 Å². The van der Waals surface area contributed by atoms with Gasteiger partial charge in [-0.1, -0.05) is 38.2 Å². The fraction of sp³-hybridized carbons (Fsp3) is 0.400. The molecule has 1 aliphatic rings. The molecule has 0 aliphatic carbocycles. The molecule has 2 aromatic carbocycles. The number of fused-ring (bicyclic) bond motifs is 2. The Bertz CT molecular complexity index is 1720. The number of nitrogens with zero attached hydrogens (tertiary/aromatic N) is 6. The topological polar surface area (TPSA) is 89.1 Å². The van der Waals surface area contributed by atoms with E-state index >= 15 is 0 Å². The van der Waals surface area contributed by atoms with Crippen LogP contribution in [-0.4, -0.2) is 57.2 Å². The number of hydrogen-bond acceptors (Lipinski definition) is 7. The minimum absolute atomic E-state index is 0.119. The van der Waals surface area contributed by atoms with Crippen LogP contribution in [0.15, 0.2) is 48.9 Å². The summed E-state index contributed by atoms with van der Waals surface area (Å²) in [5.41, 5.74) is 4.81. The van der Waals surface area contributed by atoms with E-state index in [0.717, 1.165) is 54.8 Å². The number of benzene rings is 2. The Balaban J connectivity index is 1.23. The summed E-state index contributed by atoms with van der Waals surface area (Å²) in [4.78, 5) is 14.1. The van der Waals surface area contributed by atoms with E-state index in [4.69, 9.17) is 35.8 Å². The van der Waals surface area contributed by atoms with E-state index < -0.39 is 8.07 Å². The van der Waals surface area contributed by atoms with Crippen LogP contribution in [0.4, 0.5) is 0 Å². The molecule has 3 aromatic heterocycles. The molecule has 5 aromatic rings. The molecule has 0 radical (unpaired) electrons. The monoisotopic (exact) mass is 590 g/mol. The summed E-state index contributed by atoms with van der Waals surface area (Å²) in [6, 6.07) is 10.6. The number of imidazole rings is 1. The van der Waals surface area contributed by atoms with Crippen LogP contribution in [0.5, 0.6) is 11.5 Å². The fourth-order valence-electron chi connectivity index (χ4n) is 4.87. The largest absolute Gasteiger partial charge is 0.456 e. The Hall–Kier alpha value is -3.31. The minimum Gasteiger partial charge on any atom is -0.456 e. The maximum absolute atomic E-state index is 6.85. The van der Waals surface area contributed by atoms with Crippen LogP contribution >= 0.6 is 11.6 Å². The van der Waals surface area contributed by atoms with Crippen LogP contribution in [0, 0.1) is 12.3 Å². The summed E-state index contributed by atoms with van der Waals surface area (Å²) in [6.07, 6.45) is 5.54. The number of hydrogen-bond donors (Lipinski definition) is 0. The van der Waals surface area contributed by atoms with Crippen molar-refractivity contribution in [3.8, 4) is 22.8 Å². The van der Waals surface area contributed by atoms with Crippen molar-refractivity contribution in [1.82, 2.24) is 29.3 Å². The SMILES string of the molecule is Cc1nc2ccc(Oc3ccc4ncc(-c5cnn(CC6(C)COC6)c5)nc4c3Cl)cc2n1COCC[Si](C)(C)C. The first-order valence-electron chi connectivity index (χ1n) is 13.9. The van der Waals surface area contributed by atoms with Gasteiger partial charge in [0.15, 0.2) is 0 Å². The molecule has 1 fully saturated rings. The molecule has 1 aliphatic heterocycles. The van der Waals surface area contributed by atoms with Gasteiger partial charge in [0.25, 0.3) is 0 Å². The average molecular weight is 591 g/mol. The lowest BCUT2D eigenvalue weighted by molar-refractivity contribution is -0.111. The molecule has 4 heterocycles. The van der Waals surface area contributed by atoms with E-state index in [1.807, 2.05) is 54.3 Å².